The summed E-state index contributed by atoms with van der Waals surface area (Å²) in [6.45, 7) is 0. The fourth-order valence-corrected chi connectivity index (χ4v) is 1.72. The van der Waals surface area contributed by atoms with E-state index in [9.17, 15) is 0 Å². The molecule has 6 heteroatoms. The molecular weight excluding hydrogens is 252 g/mol. The van der Waals surface area contributed by atoms with Gasteiger partial charge in [0.25, 0.3) is 0 Å². The van der Waals surface area contributed by atoms with Crippen molar-refractivity contribution in [3.63, 3.8) is 0 Å². The van der Waals surface area contributed by atoms with Gasteiger partial charge in [-0.2, -0.15) is 0 Å². The summed E-state index contributed by atoms with van der Waals surface area (Å²) >= 11 is 0. The van der Waals surface area contributed by atoms with Crippen LogP contribution in [0.25, 0.3) is 33.0 Å². The number of azide groups is 2. The maximum Gasteiger partial charge on any atom is 0.0543 e. The quantitative estimate of drug-likeness (QED) is 0.290. The van der Waals surface area contributed by atoms with Gasteiger partial charge in [0.2, 0.25) is 0 Å². The lowest BCUT2D eigenvalue weighted by Gasteiger charge is -2.03. The summed E-state index contributed by atoms with van der Waals surface area (Å²) in [6.07, 6.45) is 3.71. The van der Waals surface area contributed by atoms with Crippen LogP contribution in [-0.2, 0) is 0 Å². The Balaban J connectivity index is 2.46. The monoisotopic (exact) mass is 262 g/mol. The highest BCUT2D eigenvalue weighted by Gasteiger charge is 2.02. The van der Waals surface area contributed by atoms with Gasteiger partial charge in [0.1, 0.15) is 0 Å². The maximum absolute atomic E-state index is 8.62. The normalized spacial score (nSPS) is 9.80. The lowest BCUT2D eigenvalue weighted by molar-refractivity contribution is 1.39. The van der Waals surface area contributed by atoms with E-state index in [1.807, 2.05) is 42.5 Å². The average molecular weight is 262 g/mol. The average Bonchev–Trinajstić information content (AvgIpc) is 2.49. The second-order valence-corrected chi connectivity index (χ2v) is 3.84. The molecule has 0 heterocycles. The molecule has 0 aromatic heterocycles. The van der Waals surface area contributed by atoms with Crippen LogP contribution < -0.4 is 0 Å². The highest BCUT2D eigenvalue weighted by Crippen LogP contribution is 2.33. The first kappa shape index (κ1) is 13.2. The summed E-state index contributed by atoms with van der Waals surface area (Å²) in [5, 5.41) is 7.12. The molecule has 0 aliphatic carbocycles. The van der Waals surface area contributed by atoms with Gasteiger partial charge in [-0.3, -0.25) is 0 Å². The standard InChI is InChI=1S/C14H10N6/c15-19-17-13-8-4-7-12(14(13)18-20-16)10-9-11-5-2-1-3-6-11/h1-10H. The van der Waals surface area contributed by atoms with Crippen LogP contribution in [0.2, 0.25) is 0 Å². The van der Waals surface area contributed by atoms with Gasteiger partial charge in [-0.25, -0.2) is 0 Å². The van der Waals surface area contributed by atoms with E-state index in [0.717, 1.165) is 5.56 Å². The molecule has 20 heavy (non-hydrogen) atoms. The van der Waals surface area contributed by atoms with Gasteiger partial charge in [-0.05, 0) is 22.2 Å². The zero-order valence-electron chi connectivity index (χ0n) is 10.5. The Morgan fingerprint density at radius 1 is 0.800 bits per heavy atom. The molecule has 0 spiro atoms. The van der Waals surface area contributed by atoms with Gasteiger partial charge in [-0.15, -0.1) is 0 Å². The fourth-order valence-electron chi connectivity index (χ4n) is 1.72. The Kier molecular flexibility index (Phi) is 4.41. The molecule has 0 aliphatic rings. The van der Waals surface area contributed by atoms with E-state index in [0.29, 0.717) is 16.9 Å². The molecule has 6 nitrogen and oxygen atoms in total. The fraction of sp³-hybridized carbons (Fsp3) is 0. The van der Waals surface area contributed by atoms with Crippen molar-refractivity contribution in [2.24, 2.45) is 10.2 Å². The molecule has 0 amide bonds. The largest absolute Gasteiger partial charge is 0.0622 e. The van der Waals surface area contributed by atoms with E-state index < -0.39 is 0 Å². The highest BCUT2D eigenvalue weighted by atomic mass is 15.2. The van der Waals surface area contributed by atoms with E-state index in [-0.39, 0.29) is 0 Å². The van der Waals surface area contributed by atoms with Gasteiger partial charge in [0, 0.05) is 15.5 Å². The third kappa shape index (κ3) is 3.17. The molecule has 0 fully saturated rings. The van der Waals surface area contributed by atoms with E-state index in [1.165, 1.54) is 0 Å². The third-order valence-corrected chi connectivity index (χ3v) is 2.60. The van der Waals surface area contributed by atoms with Crippen molar-refractivity contribution in [1.29, 1.82) is 0 Å². The first-order chi connectivity index (χ1) is 9.85. The predicted molar refractivity (Wildman–Crippen MR) is 79.4 cm³/mol. The molecule has 2 rings (SSSR count). The van der Waals surface area contributed by atoms with Gasteiger partial charge >= 0.3 is 0 Å². The number of benzene rings is 2. The van der Waals surface area contributed by atoms with Crippen molar-refractivity contribution in [2.75, 3.05) is 0 Å². The van der Waals surface area contributed by atoms with Gasteiger partial charge in [0.05, 0.1) is 5.69 Å². The minimum Gasteiger partial charge on any atom is -0.0622 e. The molecule has 2 aromatic rings. The van der Waals surface area contributed by atoms with Crippen LogP contribution in [0.15, 0.2) is 58.8 Å². The minimum atomic E-state index is 0.306. The minimum absolute atomic E-state index is 0.306. The molecule has 0 radical (unpaired) electrons. The summed E-state index contributed by atoms with van der Waals surface area (Å²) in [5.74, 6) is 0. The summed E-state index contributed by atoms with van der Waals surface area (Å²) in [4.78, 5) is 5.50. The topological polar surface area (TPSA) is 97.5 Å². The van der Waals surface area contributed by atoms with Crippen LogP contribution in [0.4, 0.5) is 11.4 Å². The van der Waals surface area contributed by atoms with Crippen molar-refractivity contribution in [3.05, 3.63) is 80.5 Å². The molecule has 0 N–H and O–H groups in total. The summed E-state index contributed by atoms with van der Waals surface area (Å²) in [6, 6.07) is 14.9. The Morgan fingerprint density at radius 3 is 2.25 bits per heavy atom. The zero-order chi connectivity index (χ0) is 14.2. The summed E-state index contributed by atoms with van der Waals surface area (Å²) < 4.78 is 0. The number of hydrogen-bond donors (Lipinski definition) is 0. The van der Waals surface area contributed by atoms with Crippen molar-refractivity contribution in [1.82, 2.24) is 0 Å². The SMILES string of the molecule is [N-]=[N+]=Nc1cccc(C=Cc2ccccc2)c1N=[N+]=[N-]. The summed E-state index contributed by atoms with van der Waals surface area (Å²) in [7, 11) is 0. The number of hydrogen-bond acceptors (Lipinski definition) is 2. The van der Waals surface area contributed by atoms with Crippen molar-refractivity contribution < 1.29 is 0 Å². The molecule has 0 aliphatic heterocycles. The molecule has 0 saturated heterocycles. The van der Waals surface area contributed by atoms with Crippen molar-refractivity contribution >= 4 is 23.5 Å². The summed E-state index contributed by atoms with van der Waals surface area (Å²) in [5.41, 5.74) is 19.5. The Bertz CT molecular complexity index is 723. The second-order valence-electron chi connectivity index (χ2n) is 3.84. The van der Waals surface area contributed by atoms with E-state index >= 15 is 0 Å². The Labute approximate surface area is 115 Å². The molecule has 0 atom stereocenters. The first-order valence-corrected chi connectivity index (χ1v) is 5.81. The van der Waals surface area contributed by atoms with Crippen LogP contribution in [0.5, 0.6) is 0 Å². The van der Waals surface area contributed by atoms with Crippen LogP contribution in [-0.4, -0.2) is 0 Å². The zero-order valence-corrected chi connectivity index (χ0v) is 10.5. The predicted octanol–water partition coefficient (Wildman–Crippen LogP) is 5.74. The molecule has 0 unspecified atom stereocenters. The lowest BCUT2D eigenvalue weighted by Crippen LogP contribution is -1.75. The molecular formula is C14H10N6. The van der Waals surface area contributed by atoms with E-state index in [4.69, 9.17) is 11.1 Å². The van der Waals surface area contributed by atoms with Crippen LogP contribution in [0, 0.1) is 0 Å². The third-order valence-electron chi connectivity index (χ3n) is 2.60. The first-order valence-electron chi connectivity index (χ1n) is 5.81. The maximum atomic E-state index is 8.62. The van der Waals surface area contributed by atoms with Gasteiger partial charge < -0.3 is 0 Å². The second kappa shape index (κ2) is 6.66. The Hall–Kier alpha value is -3.20. The van der Waals surface area contributed by atoms with Crippen LogP contribution in [0.3, 0.4) is 0 Å². The lowest BCUT2D eigenvalue weighted by atomic mass is 10.1. The van der Waals surface area contributed by atoms with Crippen LogP contribution in [0.1, 0.15) is 11.1 Å². The van der Waals surface area contributed by atoms with E-state index in [1.54, 1.807) is 18.2 Å². The molecule has 96 valence electrons. The molecule has 2 aromatic carbocycles. The highest BCUT2D eigenvalue weighted by molar-refractivity contribution is 5.80. The number of nitrogens with zero attached hydrogens (tertiary/aromatic N) is 6. The van der Waals surface area contributed by atoms with Crippen LogP contribution >= 0.6 is 0 Å². The van der Waals surface area contributed by atoms with Crippen molar-refractivity contribution in [2.45, 2.75) is 0 Å². The smallest absolute Gasteiger partial charge is 0.0543 e. The Morgan fingerprint density at radius 2 is 1.55 bits per heavy atom. The van der Waals surface area contributed by atoms with Crippen molar-refractivity contribution in [3.8, 4) is 0 Å². The molecule has 0 saturated carbocycles. The van der Waals surface area contributed by atoms with Gasteiger partial charge in [0.15, 0.2) is 0 Å². The van der Waals surface area contributed by atoms with E-state index in [2.05, 4.69) is 20.1 Å². The number of rotatable bonds is 4. The molecule has 0 bridgehead atoms. The van der Waals surface area contributed by atoms with Gasteiger partial charge in [-0.1, -0.05) is 70.9 Å².